The van der Waals surface area contributed by atoms with E-state index < -0.39 is 0 Å². The van der Waals surface area contributed by atoms with E-state index in [0.29, 0.717) is 6.04 Å². The number of hydrogen-bond donors (Lipinski definition) is 0. The summed E-state index contributed by atoms with van der Waals surface area (Å²) in [6.07, 6.45) is 3.60. The molecule has 2 heterocycles. The molecule has 0 N–H and O–H groups in total. The van der Waals surface area contributed by atoms with Crippen molar-refractivity contribution in [2.24, 2.45) is 0 Å². The van der Waals surface area contributed by atoms with Gasteiger partial charge in [-0.25, -0.2) is 0 Å². The number of aryl methyl sites for hydroxylation is 1. The molecule has 0 aromatic carbocycles. The second-order valence-electron chi connectivity index (χ2n) is 4.29. The fraction of sp³-hybridized carbons (Fsp3) is 0.500. The molecule has 3 rings (SSSR count). The smallest absolute Gasteiger partial charge is 0.192 e. The lowest BCUT2D eigenvalue weighted by atomic mass is 10.1. The molecule has 0 amide bonds. The maximum Gasteiger partial charge on any atom is 0.258 e. The van der Waals surface area contributed by atoms with E-state index in [1.165, 1.54) is 29.1 Å². The number of aromatic nitrogens is 1. The largest absolute Gasteiger partial charge is 0.258 e. The molecule has 4 heteroatoms. The number of nitriles is 1. The van der Waals surface area contributed by atoms with Crippen molar-refractivity contribution < 1.29 is 4.57 Å². The van der Waals surface area contributed by atoms with E-state index in [-0.39, 0.29) is 0 Å². The van der Waals surface area contributed by atoms with Gasteiger partial charge in [0.25, 0.3) is 5.03 Å². The zero-order valence-electron chi connectivity index (χ0n) is 8.87. The van der Waals surface area contributed by atoms with E-state index in [1.807, 2.05) is 11.8 Å². The van der Waals surface area contributed by atoms with Crippen LogP contribution in [0.5, 0.6) is 0 Å². The van der Waals surface area contributed by atoms with Crippen molar-refractivity contribution in [3.8, 4) is 6.07 Å². The summed E-state index contributed by atoms with van der Waals surface area (Å²) in [6.45, 7) is 0. The Morgan fingerprint density at radius 3 is 3.19 bits per heavy atom. The Balaban J connectivity index is 2.25. The Bertz CT molecular complexity index is 493. The van der Waals surface area contributed by atoms with Gasteiger partial charge in [-0.15, -0.1) is 0 Å². The van der Waals surface area contributed by atoms with Crippen molar-refractivity contribution in [1.29, 1.82) is 5.26 Å². The molecule has 0 fully saturated rings. The first-order valence-corrected chi connectivity index (χ1v) is 8.05. The van der Waals surface area contributed by atoms with Crippen LogP contribution < -0.4 is 4.57 Å². The minimum atomic E-state index is 0.598. The second-order valence-corrected chi connectivity index (χ2v) is 6.18. The molecule has 1 aliphatic heterocycles. The third-order valence-corrected chi connectivity index (χ3v) is 5.62. The Morgan fingerprint density at radius 2 is 2.44 bits per heavy atom. The molecule has 16 heavy (non-hydrogen) atoms. The van der Waals surface area contributed by atoms with E-state index in [2.05, 4.69) is 39.3 Å². The molecule has 1 aromatic rings. The fourth-order valence-electron chi connectivity index (χ4n) is 2.65. The third kappa shape index (κ3) is 1.48. The first-order valence-electron chi connectivity index (χ1n) is 5.54. The molecule has 0 spiro atoms. The van der Waals surface area contributed by atoms with Crippen LogP contribution in [0.2, 0.25) is 0 Å². The number of nitrogens with zero attached hydrogens (tertiary/aromatic N) is 2. The number of halogens is 1. The van der Waals surface area contributed by atoms with Crippen LogP contribution in [0.1, 0.15) is 29.3 Å². The van der Waals surface area contributed by atoms with Crippen LogP contribution in [0.15, 0.2) is 11.1 Å². The van der Waals surface area contributed by atoms with E-state index in [0.717, 1.165) is 22.2 Å². The maximum atomic E-state index is 9.21. The van der Waals surface area contributed by atoms with E-state index in [1.54, 1.807) is 0 Å². The van der Waals surface area contributed by atoms with Gasteiger partial charge in [0.1, 0.15) is 11.6 Å². The number of alkyl halides is 1. The fourth-order valence-corrected chi connectivity index (χ4v) is 5.05. The molecule has 2 aliphatic rings. The molecule has 0 bridgehead atoms. The zero-order chi connectivity index (χ0) is 11.1. The average molecular weight is 343 g/mol. The minimum Gasteiger partial charge on any atom is -0.192 e. The summed E-state index contributed by atoms with van der Waals surface area (Å²) in [6, 6.07) is 5.08. The summed E-state index contributed by atoms with van der Waals surface area (Å²) in [5, 5.41) is 10.4. The highest BCUT2D eigenvalue weighted by Gasteiger charge is 2.38. The monoisotopic (exact) mass is 343 g/mol. The highest BCUT2D eigenvalue weighted by atomic mass is 127. The molecular weight excluding hydrogens is 331 g/mol. The van der Waals surface area contributed by atoms with Gasteiger partial charge in [-0.1, -0.05) is 22.6 Å². The number of rotatable bonds is 1. The summed E-state index contributed by atoms with van der Waals surface area (Å²) in [5.74, 6) is 1.13. The molecule has 1 atom stereocenters. The molecule has 0 radical (unpaired) electrons. The highest BCUT2D eigenvalue weighted by molar-refractivity contribution is 14.1. The number of fused-ring (bicyclic) bond motifs is 3. The number of pyridine rings is 1. The Morgan fingerprint density at radius 1 is 1.56 bits per heavy atom. The van der Waals surface area contributed by atoms with Crippen molar-refractivity contribution in [2.45, 2.75) is 30.3 Å². The Labute approximate surface area is 113 Å². The summed E-state index contributed by atoms with van der Waals surface area (Å²) in [7, 11) is 0. The molecule has 1 aliphatic carbocycles. The van der Waals surface area contributed by atoms with Gasteiger partial charge in [0.2, 0.25) is 0 Å². The van der Waals surface area contributed by atoms with Gasteiger partial charge in [0, 0.05) is 12.0 Å². The van der Waals surface area contributed by atoms with Crippen LogP contribution in [0.25, 0.3) is 0 Å². The lowest BCUT2D eigenvalue weighted by molar-refractivity contribution is -0.749. The van der Waals surface area contributed by atoms with E-state index in [9.17, 15) is 5.26 Å². The summed E-state index contributed by atoms with van der Waals surface area (Å²) in [4.78, 5) is 0. The second kappa shape index (κ2) is 4.19. The molecule has 1 unspecified atom stereocenters. The first kappa shape index (κ1) is 10.8. The Kier molecular flexibility index (Phi) is 2.84. The van der Waals surface area contributed by atoms with Gasteiger partial charge in [-0.3, -0.25) is 0 Å². The van der Waals surface area contributed by atoms with Gasteiger partial charge >= 0.3 is 0 Å². The highest BCUT2D eigenvalue weighted by Crippen LogP contribution is 2.34. The van der Waals surface area contributed by atoms with Gasteiger partial charge in [-0.2, -0.15) is 9.83 Å². The predicted molar refractivity (Wildman–Crippen MR) is 72.0 cm³/mol. The van der Waals surface area contributed by atoms with Crippen LogP contribution in [-0.2, 0) is 12.8 Å². The molecule has 2 nitrogen and oxygen atoms in total. The zero-order valence-corrected chi connectivity index (χ0v) is 11.8. The quantitative estimate of drug-likeness (QED) is 0.445. The summed E-state index contributed by atoms with van der Waals surface area (Å²) >= 11 is 4.31. The molecule has 82 valence electrons. The third-order valence-electron chi connectivity index (χ3n) is 3.37. The van der Waals surface area contributed by atoms with E-state index in [4.69, 9.17) is 0 Å². The van der Waals surface area contributed by atoms with E-state index >= 15 is 0 Å². The summed E-state index contributed by atoms with van der Waals surface area (Å²) in [5.41, 5.74) is 3.80. The van der Waals surface area contributed by atoms with Gasteiger partial charge in [0.15, 0.2) is 11.7 Å². The van der Waals surface area contributed by atoms with Gasteiger partial charge in [-0.05, 0) is 30.7 Å². The van der Waals surface area contributed by atoms with Crippen molar-refractivity contribution >= 4 is 34.4 Å². The molecule has 1 aromatic heterocycles. The number of thioether (sulfide) groups is 1. The molecule has 0 saturated heterocycles. The van der Waals surface area contributed by atoms with Crippen LogP contribution in [0, 0.1) is 11.3 Å². The molecule has 0 saturated carbocycles. The number of hydrogen-bond acceptors (Lipinski definition) is 2. The van der Waals surface area contributed by atoms with Crippen molar-refractivity contribution in [3.05, 3.63) is 22.9 Å². The summed E-state index contributed by atoms with van der Waals surface area (Å²) < 4.78 is 3.60. The first-order chi connectivity index (χ1) is 7.85. The average Bonchev–Trinajstić information content (AvgIpc) is 2.92. The van der Waals surface area contributed by atoms with Crippen LogP contribution in [-0.4, -0.2) is 10.2 Å². The minimum absolute atomic E-state index is 0.598. The van der Waals surface area contributed by atoms with Crippen molar-refractivity contribution in [1.82, 2.24) is 0 Å². The topological polar surface area (TPSA) is 27.7 Å². The Hall–Kier alpha value is -0.280. The van der Waals surface area contributed by atoms with Gasteiger partial charge < -0.3 is 0 Å². The molecular formula is C12H12IN2S+. The van der Waals surface area contributed by atoms with Gasteiger partial charge in [0.05, 0.1) is 10.2 Å². The maximum absolute atomic E-state index is 9.21. The van der Waals surface area contributed by atoms with Crippen molar-refractivity contribution in [3.63, 3.8) is 0 Å². The van der Waals surface area contributed by atoms with Crippen molar-refractivity contribution in [2.75, 3.05) is 10.2 Å². The standard InChI is InChI=1S/C12H12IN2S/c13-5-10-7-16-12-9(6-14)4-8-2-1-3-11(8)15(10)12/h4,10H,1-3,5,7H2/q+1. The SMILES string of the molecule is N#Cc1cc2c([n+]3c1SCC3CI)CCC2. The van der Waals surface area contributed by atoms with Crippen LogP contribution in [0.4, 0.5) is 0 Å². The normalized spacial score (nSPS) is 21.6. The van der Waals surface area contributed by atoms with Crippen LogP contribution >= 0.6 is 34.4 Å². The lowest BCUT2D eigenvalue weighted by Crippen LogP contribution is -2.44. The predicted octanol–water partition coefficient (Wildman–Crippen LogP) is 2.42. The van der Waals surface area contributed by atoms with Crippen LogP contribution in [0.3, 0.4) is 0 Å². The lowest BCUT2D eigenvalue weighted by Gasteiger charge is -2.07.